The number of nitrogens with zero attached hydrogens (tertiary/aromatic N) is 2. The summed E-state index contributed by atoms with van der Waals surface area (Å²) in [5.74, 6) is 0.625. The molecule has 0 unspecified atom stereocenters. The predicted molar refractivity (Wildman–Crippen MR) is 99.0 cm³/mol. The zero-order valence-electron chi connectivity index (χ0n) is 14.3. The third kappa shape index (κ3) is 4.23. The largest absolute Gasteiger partial charge is 0.466 e. The van der Waals surface area contributed by atoms with Gasteiger partial charge < -0.3 is 9.30 Å². The maximum Gasteiger partial charge on any atom is 0.330 e. The van der Waals surface area contributed by atoms with E-state index in [9.17, 15) is 4.79 Å². The molecule has 4 heteroatoms. The molecule has 0 radical (unpaired) electrons. The lowest BCUT2D eigenvalue weighted by Crippen LogP contribution is -2.00. The molecule has 0 atom stereocenters. The molecular weight excluding hydrogens is 312 g/mol. The minimum atomic E-state index is -0.355. The van der Waals surface area contributed by atoms with Crippen LogP contribution in [-0.2, 0) is 16.1 Å². The monoisotopic (exact) mass is 332 g/mol. The van der Waals surface area contributed by atoms with Crippen LogP contribution < -0.4 is 0 Å². The van der Waals surface area contributed by atoms with Gasteiger partial charge in [-0.15, -0.1) is 0 Å². The molecule has 126 valence electrons. The fraction of sp³-hybridized carbons (Fsp3) is 0.143. The van der Waals surface area contributed by atoms with Crippen molar-refractivity contribution in [2.24, 2.45) is 0 Å². The fourth-order valence-corrected chi connectivity index (χ4v) is 2.58. The zero-order valence-corrected chi connectivity index (χ0v) is 14.3. The molecule has 3 rings (SSSR count). The van der Waals surface area contributed by atoms with Crippen molar-refractivity contribution < 1.29 is 9.53 Å². The lowest BCUT2D eigenvalue weighted by atomic mass is 10.1. The standard InChI is InChI=1S/C21H20N2O2/c1-16-22-20(19-6-4-3-5-7-19)15-23(16)14-18-10-8-17(9-11-18)12-13-21(24)25-2/h3-13,15H,14H2,1-2H3. The number of ether oxygens (including phenoxy) is 1. The van der Waals surface area contributed by atoms with Gasteiger partial charge in [-0.1, -0.05) is 54.6 Å². The molecule has 0 saturated heterocycles. The van der Waals surface area contributed by atoms with E-state index in [2.05, 4.69) is 44.8 Å². The van der Waals surface area contributed by atoms with Crippen molar-refractivity contribution in [3.8, 4) is 11.3 Å². The van der Waals surface area contributed by atoms with E-state index in [4.69, 9.17) is 0 Å². The number of methoxy groups -OCH3 is 1. The number of hydrogen-bond acceptors (Lipinski definition) is 3. The van der Waals surface area contributed by atoms with Crippen molar-refractivity contribution in [3.05, 3.63) is 83.8 Å². The molecule has 25 heavy (non-hydrogen) atoms. The van der Waals surface area contributed by atoms with Crippen molar-refractivity contribution in [1.82, 2.24) is 9.55 Å². The topological polar surface area (TPSA) is 44.1 Å². The van der Waals surface area contributed by atoms with Crippen LogP contribution in [0.2, 0.25) is 0 Å². The second kappa shape index (κ2) is 7.62. The summed E-state index contributed by atoms with van der Waals surface area (Å²) in [6.45, 7) is 2.77. The van der Waals surface area contributed by atoms with E-state index >= 15 is 0 Å². The normalized spacial score (nSPS) is 11.0. The van der Waals surface area contributed by atoms with Gasteiger partial charge in [-0.3, -0.25) is 0 Å². The molecule has 1 aromatic heterocycles. The van der Waals surface area contributed by atoms with E-state index in [-0.39, 0.29) is 5.97 Å². The van der Waals surface area contributed by atoms with Crippen LogP contribution in [0.15, 0.2) is 66.9 Å². The Morgan fingerprint density at radius 2 is 1.84 bits per heavy atom. The fourth-order valence-electron chi connectivity index (χ4n) is 2.58. The van der Waals surface area contributed by atoms with Gasteiger partial charge in [-0.2, -0.15) is 0 Å². The maximum atomic E-state index is 11.1. The summed E-state index contributed by atoms with van der Waals surface area (Å²) in [4.78, 5) is 15.8. The number of carbonyl (C=O) groups excluding carboxylic acids is 1. The zero-order chi connectivity index (χ0) is 17.6. The first-order valence-corrected chi connectivity index (χ1v) is 8.10. The van der Waals surface area contributed by atoms with Gasteiger partial charge in [0.2, 0.25) is 0 Å². The van der Waals surface area contributed by atoms with Crippen LogP contribution in [0.3, 0.4) is 0 Å². The molecule has 0 saturated carbocycles. The Morgan fingerprint density at radius 3 is 2.52 bits per heavy atom. The van der Waals surface area contributed by atoms with Gasteiger partial charge >= 0.3 is 5.97 Å². The Balaban J connectivity index is 1.73. The first-order chi connectivity index (χ1) is 12.2. The number of imidazole rings is 1. The lowest BCUT2D eigenvalue weighted by Gasteiger charge is -2.05. The summed E-state index contributed by atoms with van der Waals surface area (Å²) in [5, 5.41) is 0. The molecule has 0 bridgehead atoms. The molecule has 3 aromatic rings. The molecule has 0 amide bonds. The second-order valence-corrected chi connectivity index (χ2v) is 5.77. The quantitative estimate of drug-likeness (QED) is 0.522. The molecule has 0 aliphatic heterocycles. The van der Waals surface area contributed by atoms with E-state index < -0.39 is 0 Å². The highest BCUT2D eigenvalue weighted by molar-refractivity contribution is 5.86. The van der Waals surface area contributed by atoms with Crippen LogP contribution in [0.1, 0.15) is 17.0 Å². The molecule has 0 fully saturated rings. The summed E-state index contributed by atoms with van der Waals surface area (Å²) in [6.07, 6.45) is 5.24. The minimum Gasteiger partial charge on any atom is -0.466 e. The van der Waals surface area contributed by atoms with Crippen molar-refractivity contribution in [1.29, 1.82) is 0 Å². The average Bonchev–Trinajstić information content (AvgIpc) is 3.02. The smallest absolute Gasteiger partial charge is 0.330 e. The highest BCUT2D eigenvalue weighted by atomic mass is 16.5. The number of esters is 1. The third-order valence-electron chi connectivity index (χ3n) is 3.99. The van der Waals surface area contributed by atoms with Gasteiger partial charge in [-0.05, 0) is 24.1 Å². The van der Waals surface area contributed by atoms with E-state index in [1.165, 1.54) is 18.7 Å². The lowest BCUT2D eigenvalue weighted by molar-refractivity contribution is -0.134. The van der Waals surface area contributed by atoms with Gasteiger partial charge in [0.05, 0.1) is 12.8 Å². The summed E-state index contributed by atoms with van der Waals surface area (Å²) < 4.78 is 6.73. The van der Waals surface area contributed by atoms with Crippen molar-refractivity contribution in [3.63, 3.8) is 0 Å². The third-order valence-corrected chi connectivity index (χ3v) is 3.99. The number of hydrogen-bond donors (Lipinski definition) is 0. The van der Waals surface area contributed by atoms with E-state index in [0.717, 1.165) is 29.2 Å². The van der Waals surface area contributed by atoms with Gasteiger partial charge in [0, 0.05) is 24.4 Å². The number of aromatic nitrogens is 2. The Hall–Kier alpha value is -3.14. The number of rotatable bonds is 5. The number of benzene rings is 2. The van der Waals surface area contributed by atoms with Gasteiger partial charge in [0.15, 0.2) is 0 Å². The van der Waals surface area contributed by atoms with Crippen LogP contribution in [0.25, 0.3) is 17.3 Å². The molecule has 0 spiro atoms. The van der Waals surface area contributed by atoms with Gasteiger partial charge in [-0.25, -0.2) is 9.78 Å². The molecular formula is C21H20N2O2. The molecule has 2 aromatic carbocycles. The molecule has 0 aliphatic rings. The van der Waals surface area contributed by atoms with Crippen molar-refractivity contribution in [2.75, 3.05) is 7.11 Å². The Labute approximate surface area is 147 Å². The van der Waals surface area contributed by atoms with E-state index in [1.807, 2.05) is 37.3 Å². The first kappa shape index (κ1) is 16.7. The second-order valence-electron chi connectivity index (χ2n) is 5.77. The summed E-state index contributed by atoms with van der Waals surface area (Å²) in [7, 11) is 1.37. The maximum absolute atomic E-state index is 11.1. The van der Waals surface area contributed by atoms with Crippen LogP contribution >= 0.6 is 0 Å². The Morgan fingerprint density at radius 1 is 1.12 bits per heavy atom. The summed E-state index contributed by atoms with van der Waals surface area (Å²) >= 11 is 0. The number of aryl methyl sites for hydroxylation is 1. The summed E-state index contributed by atoms with van der Waals surface area (Å²) in [5.41, 5.74) is 4.24. The Bertz CT molecular complexity index is 878. The summed E-state index contributed by atoms with van der Waals surface area (Å²) in [6, 6.07) is 18.2. The van der Waals surface area contributed by atoms with Crippen LogP contribution in [0.4, 0.5) is 0 Å². The highest BCUT2D eigenvalue weighted by Gasteiger charge is 2.06. The van der Waals surface area contributed by atoms with Crippen LogP contribution in [0, 0.1) is 6.92 Å². The van der Waals surface area contributed by atoms with Crippen molar-refractivity contribution in [2.45, 2.75) is 13.5 Å². The molecule has 4 nitrogen and oxygen atoms in total. The van der Waals surface area contributed by atoms with Gasteiger partial charge in [0.25, 0.3) is 0 Å². The predicted octanol–water partition coefficient (Wildman–Crippen LogP) is 4.09. The van der Waals surface area contributed by atoms with Crippen molar-refractivity contribution >= 4 is 12.0 Å². The van der Waals surface area contributed by atoms with E-state index in [0.29, 0.717) is 0 Å². The molecule has 0 aliphatic carbocycles. The number of carbonyl (C=O) groups is 1. The van der Waals surface area contributed by atoms with Crippen LogP contribution in [0.5, 0.6) is 0 Å². The van der Waals surface area contributed by atoms with Crippen LogP contribution in [-0.4, -0.2) is 22.6 Å². The molecule has 0 N–H and O–H groups in total. The Kier molecular flexibility index (Phi) is 5.09. The van der Waals surface area contributed by atoms with E-state index in [1.54, 1.807) is 6.08 Å². The minimum absolute atomic E-state index is 0.355. The molecule has 1 heterocycles. The SMILES string of the molecule is COC(=O)C=Cc1ccc(Cn2cc(-c3ccccc3)nc2C)cc1. The first-order valence-electron chi connectivity index (χ1n) is 8.10. The average molecular weight is 332 g/mol. The highest BCUT2D eigenvalue weighted by Crippen LogP contribution is 2.19. The van der Waals surface area contributed by atoms with Gasteiger partial charge in [0.1, 0.15) is 5.82 Å².